The molecule has 1 saturated heterocycles. The molecule has 0 aromatic heterocycles. The molecule has 0 radical (unpaired) electrons. The Bertz CT molecular complexity index is 464. The van der Waals surface area contributed by atoms with E-state index in [0.29, 0.717) is 13.1 Å². The van der Waals surface area contributed by atoms with Gasteiger partial charge in [0.15, 0.2) is 0 Å². The van der Waals surface area contributed by atoms with E-state index in [9.17, 15) is 19.6 Å². The zero-order chi connectivity index (χ0) is 13.8. The highest BCUT2D eigenvalue weighted by molar-refractivity contribution is 5.44. The normalized spacial score (nSPS) is 18.2. The van der Waals surface area contributed by atoms with E-state index in [2.05, 4.69) is 5.32 Å². The molecular formula is C12H16FN3O3. The minimum Gasteiger partial charge on any atom is -0.508 e. The van der Waals surface area contributed by atoms with Crippen LogP contribution in [0.25, 0.3) is 0 Å². The number of nitro benzene ring substituents is 1. The van der Waals surface area contributed by atoms with Gasteiger partial charge in [0.05, 0.1) is 11.0 Å². The Kier molecular flexibility index (Phi) is 4.28. The number of nitro groups is 1. The first-order valence-corrected chi connectivity index (χ1v) is 6.11. The van der Waals surface area contributed by atoms with E-state index in [1.807, 2.05) is 4.90 Å². The van der Waals surface area contributed by atoms with Crippen LogP contribution in [-0.4, -0.2) is 47.8 Å². The molecule has 1 aliphatic heterocycles. The van der Waals surface area contributed by atoms with Gasteiger partial charge in [-0.15, -0.1) is 0 Å². The van der Waals surface area contributed by atoms with Crippen molar-refractivity contribution in [2.45, 2.75) is 6.04 Å². The maximum Gasteiger partial charge on any atom is 0.270 e. The van der Waals surface area contributed by atoms with E-state index < -0.39 is 17.6 Å². The fourth-order valence-electron chi connectivity index (χ4n) is 2.29. The second kappa shape index (κ2) is 5.94. The topological polar surface area (TPSA) is 78.6 Å². The predicted molar refractivity (Wildman–Crippen MR) is 67.9 cm³/mol. The standard InChI is InChI=1S/C12H16FN3O3/c13-8-11(15-5-3-14-4-6-15)10-7-9(16(18)19)1-2-12(10)17/h1-2,7,11,14,17H,3-6,8H2/t11-/m0/s1. The van der Waals surface area contributed by atoms with Gasteiger partial charge in [-0.05, 0) is 6.07 Å². The van der Waals surface area contributed by atoms with Crippen molar-refractivity contribution in [3.05, 3.63) is 33.9 Å². The molecule has 2 rings (SSSR count). The first-order chi connectivity index (χ1) is 9.13. The second-order valence-corrected chi connectivity index (χ2v) is 4.46. The Morgan fingerprint density at radius 1 is 1.47 bits per heavy atom. The minimum atomic E-state index is -0.686. The summed E-state index contributed by atoms with van der Waals surface area (Å²) in [6.45, 7) is 2.10. The van der Waals surface area contributed by atoms with Crippen molar-refractivity contribution in [1.29, 1.82) is 0 Å². The van der Waals surface area contributed by atoms with Gasteiger partial charge in [0, 0.05) is 43.9 Å². The molecule has 104 valence electrons. The molecular weight excluding hydrogens is 253 g/mol. The molecule has 1 fully saturated rings. The SMILES string of the molecule is O=[N+]([O-])c1ccc(O)c([C@H](CF)N2CCNCC2)c1. The summed E-state index contributed by atoms with van der Waals surface area (Å²) in [4.78, 5) is 12.1. The molecule has 0 saturated carbocycles. The molecule has 1 aromatic carbocycles. The third-order valence-corrected chi connectivity index (χ3v) is 3.32. The Balaban J connectivity index is 2.30. The molecule has 0 spiro atoms. The fraction of sp³-hybridized carbons (Fsp3) is 0.500. The first-order valence-electron chi connectivity index (χ1n) is 6.11. The quantitative estimate of drug-likeness (QED) is 0.634. The number of piperazine rings is 1. The van der Waals surface area contributed by atoms with Crippen LogP contribution in [0.3, 0.4) is 0 Å². The highest BCUT2D eigenvalue weighted by atomic mass is 19.1. The number of nitrogens with zero attached hydrogens (tertiary/aromatic N) is 2. The average Bonchev–Trinajstić information content (AvgIpc) is 2.42. The average molecular weight is 269 g/mol. The van der Waals surface area contributed by atoms with Crippen LogP contribution < -0.4 is 5.32 Å². The number of hydrogen-bond acceptors (Lipinski definition) is 5. The number of rotatable bonds is 4. The summed E-state index contributed by atoms with van der Waals surface area (Å²) in [6, 6.07) is 3.08. The summed E-state index contributed by atoms with van der Waals surface area (Å²) < 4.78 is 13.3. The third-order valence-electron chi connectivity index (χ3n) is 3.32. The number of alkyl halides is 1. The van der Waals surface area contributed by atoms with Crippen molar-refractivity contribution >= 4 is 5.69 Å². The highest BCUT2D eigenvalue weighted by Crippen LogP contribution is 2.32. The van der Waals surface area contributed by atoms with Crippen LogP contribution in [0.5, 0.6) is 5.75 Å². The minimum absolute atomic E-state index is 0.105. The monoisotopic (exact) mass is 269 g/mol. The lowest BCUT2D eigenvalue weighted by Crippen LogP contribution is -2.45. The Morgan fingerprint density at radius 2 is 2.16 bits per heavy atom. The van der Waals surface area contributed by atoms with Crippen LogP contribution in [0.2, 0.25) is 0 Å². The number of phenolic OH excluding ortho intramolecular Hbond substituents is 1. The van der Waals surface area contributed by atoms with Gasteiger partial charge in [-0.25, -0.2) is 4.39 Å². The molecule has 0 bridgehead atoms. The van der Waals surface area contributed by atoms with E-state index in [1.165, 1.54) is 18.2 Å². The first kappa shape index (κ1) is 13.7. The van der Waals surface area contributed by atoms with Crippen LogP contribution in [-0.2, 0) is 0 Å². The fourth-order valence-corrected chi connectivity index (χ4v) is 2.29. The maximum absolute atomic E-state index is 13.3. The molecule has 1 atom stereocenters. The molecule has 0 unspecified atom stereocenters. The van der Waals surface area contributed by atoms with Crippen molar-refractivity contribution in [2.24, 2.45) is 0 Å². The smallest absolute Gasteiger partial charge is 0.270 e. The van der Waals surface area contributed by atoms with Gasteiger partial charge in [-0.3, -0.25) is 15.0 Å². The molecule has 19 heavy (non-hydrogen) atoms. The van der Waals surface area contributed by atoms with E-state index in [1.54, 1.807) is 0 Å². The largest absolute Gasteiger partial charge is 0.508 e. The number of benzene rings is 1. The molecule has 6 nitrogen and oxygen atoms in total. The van der Waals surface area contributed by atoms with Gasteiger partial charge in [0.25, 0.3) is 5.69 Å². The van der Waals surface area contributed by atoms with Crippen LogP contribution >= 0.6 is 0 Å². The van der Waals surface area contributed by atoms with Crippen LogP contribution in [0.15, 0.2) is 18.2 Å². The van der Waals surface area contributed by atoms with E-state index in [4.69, 9.17) is 0 Å². The van der Waals surface area contributed by atoms with Crippen LogP contribution in [0, 0.1) is 10.1 Å². The number of non-ortho nitro benzene ring substituents is 1. The van der Waals surface area contributed by atoms with Crippen molar-refractivity contribution in [3.63, 3.8) is 0 Å². The number of hydrogen-bond donors (Lipinski definition) is 2. The lowest BCUT2D eigenvalue weighted by atomic mass is 10.0. The number of phenols is 1. The van der Waals surface area contributed by atoms with E-state index in [-0.39, 0.29) is 17.0 Å². The Hall–Kier alpha value is -1.73. The van der Waals surface area contributed by atoms with Gasteiger partial charge in [-0.2, -0.15) is 0 Å². The highest BCUT2D eigenvalue weighted by Gasteiger charge is 2.26. The summed E-state index contributed by atoms with van der Waals surface area (Å²) in [5.41, 5.74) is 0.139. The number of aromatic hydroxyl groups is 1. The molecule has 2 N–H and O–H groups in total. The Morgan fingerprint density at radius 3 is 2.74 bits per heavy atom. The molecule has 7 heteroatoms. The van der Waals surface area contributed by atoms with Crippen LogP contribution in [0.1, 0.15) is 11.6 Å². The Labute approximate surface area is 110 Å². The zero-order valence-electron chi connectivity index (χ0n) is 10.4. The van der Waals surface area contributed by atoms with E-state index >= 15 is 0 Å². The number of nitrogens with one attached hydrogen (secondary N) is 1. The molecule has 1 aromatic rings. The zero-order valence-corrected chi connectivity index (χ0v) is 10.4. The molecule has 1 heterocycles. The van der Waals surface area contributed by atoms with Gasteiger partial charge in [-0.1, -0.05) is 0 Å². The van der Waals surface area contributed by atoms with Crippen molar-refractivity contribution in [2.75, 3.05) is 32.9 Å². The summed E-state index contributed by atoms with van der Waals surface area (Å²) >= 11 is 0. The maximum atomic E-state index is 13.3. The van der Waals surface area contributed by atoms with Crippen LogP contribution in [0.4, 0.5) is 10.1 Å². The van der Waals surface area contributed by atoms with Crippen molar-refractivity contribution < 1.29 is 14.4 Å². The summed E-state index contributed by atoms with van der Waals surface area (Å²) in [7, 11) is 0. The van der Waals surface area contributed by atoms with Crippen molar-refractivity contribution in [3.8, 4) is 5.75 Å². The van der Waals surface area contributed by atoms with Gasteiger partial charge >= 0.3 is 0 Å². The van der Waals surface area contributed by atoms with Crippen molar-refractivity contribution in [1.82, 2.24) is 10.2 Å². The lowest BCUT2D eigenvalue weighted by molar-refractivity contribution is -0.385. The molecule has 1 aliphatic rings. The van der Waals surface area contributed by atoms with Gasteiger partial charge < -0.3 is 10.4 Å². The van der Waals surface area contributed by atoms with Gasteiger partial charge in [0.1, 0.15) is 12.4 Å². The molecule has 0 aliphatic carbocycles. The lowest BCUT2D eigenvalue weighted by Gasteiger charge is -2.33. The number of halogens is 1. The summed E-state index contributed by atoms with van der Waals surface area (Å²) in [6.07, 6.45) is 0. The third kappa shape index (κ3) is 2.99. The summed E-state index contributed by atoms with van der Waals surface area (Å²) in [5, 5.41) is 23.7. The summed E-state index contributed by atoms with van der Waals surface area (Å²) in [5.74, 6) is -0.105. The molecule has 0 amide bonds. The second-order valence-electron chi connectivity index (χ2n) is 4.46. The predicted octanol–water partition coefficient (Wildman–Crippen LogP) is 1.22. The van der Waals surface area contributed by atoms with E-state index in [0.717, 1.165) is 13.1 Å². The van der Waals surface area contributed by atoms with Gasteiger partial charge in [0.2, 0.25) is 0 Å².